The Morgan fingerprint density at radius 3 is 1.44 bits per heavy atom. The van der Waals surface area contributed by atoms with Crippen LogP contribution in [0.2, 0.25) is 0 Å². The monoisotopic (exact) mass is 667 g/mol. The third-order valence-corrected chi connectivity index (χ3v) is 0.558. The molecule has 0 aromatic carbocycles. The third kappa shape index (κ3) is 35.4. The number of hydrogen-bond donors (Lipinski definition) is 1. The van der Waals surface area contributed by atoms with E-state index < -0.39 is 0 Å². The molecular formula is C4H16I3NPb. The summed E-state index contributed by atoms with van der Waals surface area (Å²) in [7, 11) is 0. The third-order valence-electron chi connectivity index (χ3n) is 0.558. The van der Waals surface area contributed by atoms with Crippen molar-refractivity contribution in [1.82, 2.24) is 0 Å². The van der Waals surface area contributed by atoms with Crippen molar-refractivity contribution in [3.8, 4) is 0 Å². The number of nitrogens with two attached hydrogens (primary N) is 1. The van der Waals surface area contributed by atoms with E-state index in [0.29, 0.717) is 0 Å². The van der Waals surface area contributed by atoms with Crippen LogP contribution < -0.4 is 5.73 Å². The Hall–Kier alpha value is 3.07. The second kappa shape index (κ2) is 30.5. The predicted octanol–water partition coefficient (Wildman–Crippen LogP) is 1.68. The maximum atomic E-state index is 5.14. The molecule has 0 aromatic rings. The second-order valence-electron chi connectivity index (χ2n) is 1.14. The molecule has 0 saturated heterocycles. The molecule has 0 spiro atoms. The molecule has 0 aliphatic heterocycles. The minimum absolute atomic E-state index is 0. The summed E-state index contributed by atoms with van der Waals surface area (Å²) >= 11 is 0. The number of halogens is 3. The van der Waals surface area contributed by atoms with Gasteiger partial charge in [-0.1, -0.05) is 13.3 Å². The SMILES string of the molecule is CCCCN.I.I.I.[PbH2]. The standard InChI is InChI=1S/C4H11N.3HI.Pb.2H/c1-2-3-4-5;;;;;;/h2-5H2,1H3;3*1H;;;. The molecule has 62 valence electrons. The van der Waals surface area contributed by atoms with Crippen LogP contribution in [0.5, 0.6) is 0 Å². The molecule has 0 atom stereocenters. The summed E-state index contributed by atoms with van der Waals surface area (Å²) in [5, 5.41) is 0. The van der Waals surface area contributed by atoms with Gasteiger partial charge in [-0.15, -0.1) is 71.9 Å². The van der Waals surface area contributed by atoms with Crippen molar-refractivity contribution in [2.45, 2.75) is 19.8 Å². The molecule has 5 heteroatoms. The second-order valence-corrected chi connectivity index (χ2v) is 1.14. The van der Waals surface area contributed by atoms with Crippen LogP contribution in [0.15, 0.2) is 0 Å². The molecule has 0 fully saturated rings. The zero-order chi connectivity index (χ0) is 4.12. The summed E-state index contributed by atoms with van der Waals surface area (Å²) in [6, 6.07) is 0. The van der Waals surface area contributed by atoms with Crippen LogP contribution in [0.1, 0.15) is 19.8 Å². The van der Waals surface area contributed by atoms with Gasteiger partial charge in [-0.25, -0.2) is 0 Å². The van der Waals surface area contributed by atoms with E-state index in [1.165, 1.54) is 12.8 Å². The summed E-state index contributed by atoms with van der Waals surface area (Å²) < 4.78 is 0. The number of hydrogen-bond acceptors (Lipinski definition) is 1. The average Bonchev–Trinajstić information content (AvgIpc) is 1.41. The molecule has 0 aromatic heterocycles. The molecule has 0 amide bonds. The van der Waals surface area contributed by atoms with E-state index in [1.807, 2.05) is 0 Å². The molecular weight excluding hydrogens is 650 g/mol. The van der Waals surface area contributed by atoms with Crippen molar-refractivity contribution in [2.75, 3.05) is 6.54 Å². The fourth-order valence-corrected chi connectivity index (χ4v) is 0.204. The summed E-state index contributed by atoms with van der Waals surface area (Å²) in [5.74, 6) is 0. The van der Waals surface area contributed by atoms with Crippen molar-refractivity contribution < 1.29 is 0 Å². The van der Waals surface area contributed by atoms with Gasteiger partial charge in [-0.05, 0) is 13.0 Å². The molecule has 0 rings (SSSR count). The fraction of sp³-hybridized carbons (Fsp3) is 1.00. The van der Waals surface area contributed by atoms with Crippen molar-refractivity contribution in [1.29, 1.82) is 0 Å². The molecule has 0 aliphatic rings. The van der Waals surface area contributed by atoms with Gasteiger partial charge in [0.15, 0.2) is 0 Å². The van der Waals surface area contributed by atoms with Crippen molar-refractivity contribution in [3.63, 3.8) is 0 Å². The first-order chi connectivity index (χ1) is 2.41. The van der Waals surface area contributed by atoms with Gasteiger partial charge >= 0.3 is 27.3 Å². The van der Waals surface area contributed by atoms with Gasteiger partial charge in [0.25, 0.3) is 0 Å². The first-order valence-electron chi connectivity index (χ1n) is 2.12. The number of unbranched alkanes of at least 4 members (excludes halogenated alkanes) is 1. The Labute approximate surface area is 129 Å². The quantitative estimate of drug-likeness (QED) is 0.353. The van der Waals surface area contributed by atoms with Gasteiger partial charge in [0.05, 0.1) is 0 Å². The van der Waals surface area contributed by atoms with E-state index in [9.17, 15) is 0 Å². The van der Waals surface area contributed by atoms with E-state index in [1.54, 1.807) is 0 Å². The first kappa shape index (κ1) is 29.6. The van der Waals surface area contributed by atoms with Gasteiger partial charge < -0.3 is 5.73 Å². The maximum absolute atomic E-state index is 5.14. The molecule has 0 heterocycles. The van der Waals surface area contributed by atoms with Crippen LogP contribution in [0.3, 0.4) is 0 Å². The van der Waals surface area contributed by atoms with E-state index in [4.69, 9.17) is 5.73 Å². The molecule has 0 aliphatic carbocycles. The van der Waals surface area contributed by atoms with Crippen molar-refractivity contribution in [3.05, 3.63) is 0 Å². The zero-order valence-corrected chi connectivity index (χ0v) is 18.1. The van der Waals surface area contributed by atoms with Gasteiger partial charge in [0.1, 0.15) is 0 Å². The Kier molecular flexibility index (Phi) is 100. The van der Waals surface area contributed by atoms with E-state index in [0.717, 1.165) is 6.54 Å². The minimum atomic E-state index is 0. The van der Waals surface area contributed by atoms with Gasteiger partial charge in [0.2, 0.25) is 0 Å². The van der Waals surface area contributed by atoms with Crippen LogP contribution in [0.4, 0.5) is 0 Å². The zero-order valence-electron chi connectivity index (χ0n) is 5.63. The van der Waals surface area contributed by atoms with Crippen LogP contribution in [-0.4, -0.2) is 33.8 Å². The summed E-state index contributed by atoms with van der Waals surface area (Å²) in [6.45, 7) is 2.98. The van der Waals surface area contributed by atoms with Gasteiger partial charge in [0, 0.05) is 0 Å². The van der Waals surface area contributed by atoms with Gasteiger partial charge in [-0.3, -0.25) is 0 Å². The Morgan fingerprint density at radius 1 is 1.11 bits per heavy atom. The van der Waals surface area contributed by atoms with Crippen molar-refractivity contribution >= 4 is 99.2 Å². The summed E-state index contributed by atoms with van der Waals surface area (Å²) in [4.78, 5) is 0. The van der Waals surface area contributed by atoms with Crippen LogP contribution in [-0.2, 0) is 0 Å². The topological polar surface area (TPSA) is 26.0 Å². The predicted molar refractivity (Wildman–Crippen MR) is 78.8 cm³/mol. The fourth-order valence-electron chi connectivity index (χ4n) is 0.204. The average molecular weight is 666 g/mol. The first-order valence-corrected chi connectivity index (χ1v) is 2.12. The molecule has 0 saturated carbocycles. The van der Waals surface area contributed by atoms with E-state index >= 15 is 0 Å². The van der Waals surface area contributed by atoms with Crippen molar-refractivity contribution in [2.24, 2.45) is 5.73 Å². The molecule has 2 radical (unpaired) electrons. The van der Waals surface area contributed by atoms with Crippen LogP contribution in [0.25, 0.3) is 0 Å². The van der Waals surface area contributed by atoms with Crippen LogP contribution in [0, 0.1) is 0 Å². The molecule has 0 unspecified atom stereocenters. The van der Waals surface area contributed by atoms with E-state index in [2.05, 4.69) is 6.92 Å². The van der Waals surface area contributed by atoms with Gasteiger partial charge in [-0.2, -0.15) is 0 Å². The van der Waals surface area contributed by atoms with E-state index in [-0.39, 0.29) is 99.2 Å². The number of rotatable bonds is 2. The summed E-state index contributed by atoms with van der Waals surface area (Å²) in [5.41, 5.74) is 5.14. The molecule has 1 nitrogen and oxygen atoms in total. The summed E-state index contributed by atoms with van der Waals surface area (Å²) in [6.07, 6.45) is 2.39. The molecule has 0 bridgehead atoms. The normalized spacial score (nSPS) is 4.67. The van der Waals surface area contributed by atoms with Crippen LogP contribution >= 0.6 is 71.9 Å². The molecule has 2 N–H and O–H groups in total. The Balaban J connectivity index is -0.0000000133. The molecule has 9 heavy (non-hydrogen) atoms. The Morgan fingerprint density at radius 2 is 1.44 bits per heavy atom. The Bertz CT molecular complexity index is 23.3.